The first-order valence-electron chi connectivity index (χ1n) is 31.7. The first kappa shape index (κ1) is 69.2. The highest BCUT2D eigenvalue weighted by atomic mass is 79.9. The molecular weight excluding hydrogens is 1330 g/mol. The van der Waals surface area contributed by atoms with E-state index in [9.17, 15) is 29.4 Å². The maximum Gasteiger partial charge on any atom is 0.235 e. The highest BCUT2D eigenvalue weighted by Crippen LogP contribution is 2.35. The Balaban J connectivity index is 0.000000156. The van der Waals surface area contributed by atoms with Crippen LogP contribution in [0.4, 0.5) is 17.1 Å². The molecule has 0 aliphatic carbocycles. The standard InChI is InChI=1S/C27H32N6O3.C23H24BrN5O.C22H21BrN4O2/c1-17-25(24(35)16-32-11-9-21(34)10-12-32)26-22(33(17)20-7-5-19(29-2)6-8-20)13-18(15-30-26)14-23(27(28)36)31(3)4;1-15-22(21(30)14-28-9-7-16(12-25)8-10-28)23-20(11-17(24)13-27-23)29(15)19-5-3-18(26-2)4-6-19;1-14-21(20(29)13-26-9-7-18(28)8-10-26)22-19(11-15(23)12-25-22)27(14)17-5-3-16(24-2)4-6-17/h5-8,13,15,21,23,34H,9-12,14,16H2,1,3-4H3,(H2,28,36);3-6,11,13,16H,7-10,12,14,25H2,1H3;3-6,11-12,18,28H,7-10,13H2,1H3. The molecule has 0 bridgehead atoms. The van der Waals surface area contributed by atoms with Gasteiger partial charge in [0.25, 0.3) is 0 Å². The van der Waals surface area contributed by atoms with E-state index in [1.54, 1.807) is 59.9 Å². The molecule has 0 spiro atoms. The number of pyridine rings is 3. The van der Waals surface area contributed by atoms with Crippen molar-refractivity contribution in [1.82, 2.24) is 48.3 Å². The van der Waals surface area contributed by atoms with Crippen molar-refractivity contribution >= 4 is 105 Å². The van der Waals surface area contributed by atoms with E-state index >= 15 is 0 Å². The molecule has 1 atom stereocenters. The lowest BCUT2D eigenvalue weighted by Gasteiger charge is -2.30. The number of halogens is 2. The lowest BCUT2D eigenvalue weighted by Crippen LogP contribution is -2.42. The number of amides is 1. The Kier molecular flexibility index (Phi) is 22.5. The molecule has 3 aromatic carbocycles. The number of rotatable bonds is 17. The van der Waals surface area contributed by atoms with Crippen molar-refractivity contribution in [3.05, 3.63) is 192 Å². The molecule has 9 aromatic rings. The molecule has 0 radical (unpaired) electrons. The number of likely N-dealkylation sites (N-methyl/N-ethyl adjacent to an activating group) is 1. The smallest absolute Gasteiger partial charge is 0.235 e. The van der Waals surface area contributed by atoms with Crippen LogP contribution in [0.5, 0.6) is 0 Å². The number of nitrogens with zero attached hydrogens (tertiary/aromatic N) is 13. The number of hydrogen-bond donors (Lipinski definition) is 4. The zero-order valence-electron chi connectivity index (χ0n) is 54.0. The van der Waals surface area contributed by atoms with Gasteiger partial charge >= 0.3 is 0 Å². The van der Waals surface area contributed by atoms with E-state index < -0.39 is 11.9 Å². The number of fused-ring (bicyclic) bond motifs is 3. The van der Waals surface area contributed by atoms with Gasteiger partial charge in [-0.2, -0.15) is 0 Å². The molecule has 21 nitrogen and oxygen atoms in total. The molecule has 6 N–H and O–H groups in total. The average molecular weight is 1410 g/mol. The number of ketones is 3. The molecule has 6 aromatic heterocycles. The fraction of sp³-hybridized carbons (Fsp3) is 0.361. The summed E-state index contributed by atoms with van der Waals surface area (Å²) in [4.78, 5) is 84.6. The van der Waals surface area contributed by atoms with Crippen LogP contribution in [0.1, 0.15) is 92.2 Å². The zero-order valence-corrected chi connectivity index (χ0v) is 57.1. The topological polar surface area (TPSA) is 240 Å². The predicted octanol–water partition coefficient (Wildman–Crippen LogP) is 11.3. The number of nitrogens with two attached hydrogens (primary N) is 2. The van der Waals surface area contributed by atoms with Gasteiger partial charge in [-0.05, 0) is 197 Å². The van der Waals surface area contributed by atoms with Crippen molar-refractivity contribution in [1.29, 1.82) is 0 Å². The molecule has 1 amide bonds. The van der Waals surface area contributed by atoms with E-state index in [2.05, 4.69) is 75.6 Å². The van der Waals surface area contributed by atoms with Crippen molar-refractivity contribution in [2.45, 2.75) is 84.0 Å². The molecule has 490 valence electrons. The number of piperidine rings is 3. The first-order chi connectivity index (χ1) is 45.7. The SMILES string of the molecule is [C-]#[N+]c1ccc(-n2c(C)c(C(=O)CN3CCC(CN)CC3)c3ncc(Br)cc32)cc1.[C-]#[N+]c1ccc(-n2c(C)c(C(=O)CN3CCC(O)CC3)c3ncc(Br)cc32)cc1.[C-]#[N+]c1ccc(-n2c(C)c(C(=O)CN3CCC(O)CC3)c3ncc(CC(C(N)=O)N(C)C)cc32)cc1. The number of likely N-dealkylation sites (tertiary alicyclic amines) is 3. The number of aromatic nitrogens is 6. The summed E-state index contributed by atoms with van der Waals surface area (Å²) in [7, 11) is 3.62. The van der Waals surface area contributed by atoms with E-state index in [1.165, 1.54) is 0 Å². The molecule has 0 saturated carbocycles. The summed E-state index contributed by atoms with van der Waals surface area (Å²) >= 11 is 6.99. The van der Waals surface area contributed by atoms with E-state index in [1.807, 2.05) is 98.6 Å². The van der Waals surface area contributed by atoms with Crippen LogP contribution in [0.15, 0.2) is 119 Å². The van der Waals surface area contributed by atoms with Crippen LogP contribution in [-0.2, 0) is 11.2 Å². The highest BCUT2D eigenvalue weighted by molar-refractivity contribution is 9.10. The minimum absolute atomic E-state index is 0.0195. The maximum absolute atomic E-state index is 13.6. The Hall–Kier alpha value is -8.64. The number of primary amides is 1. The van der Waals surface area contributed by atoms with Gasteiger partial charge in [0.05, 0.1) is 107 Å². The van der Waals surface area contributed by atoms with Crippen molar-refractivity contribution in [3.63, 3.8) is 0 Å². The summed E-state index contributed by atoms with van der Waals surface area (Å²) < 4.78 is 7.75. The number of aliphatic hydroxyl groups is 2. The second-order valence-electron chi connectivity index (χ2n) is 24.9. The monoisotopic (exact) mass is 1410 g/mol. The Morgan fingerprint density at radius 3 is 1.16 bits per heavy atom. The predicted molar refractivity (Wildman–Crippen MR) is 377 cm³/mol. The molecular formula is C72H77Br2N15O6. The molecule has 3 saturated heterocycles. The van der Waals surface area contributed by atoms with Gasteiger partial charge in [0.1, 0.15) is 0 Å². The van der Waals surface area contributed by atoms with Crippen molar-refractivity contribution < 1.29 is 29.4 Å². The molecule has 3 aliphatic rings. The third kappa shape index (κ3) is 15.7. The first-order valence-corrected chi connectivity index (χ1v) is 33.3. The number of benzene rings is 3. The van der Waals surface area contributed by atoms with Crippen molar-refractivity contribution in [3.8, 4) is 17.1 Å². The Morgan fingerprint density at radius 2 is 0.853 bits per heavy atom. The van der Waals surface area contributed by atoms with Gasteiger partial charge in [-0.15, -0.1) is 0 Å². The number of Topliss-reactive ketones (excluding diaryl/α,β-unsaturated/α-hetero) is 3. The van der Waals surface area contributed by atoms with Gasteiger partial charge in [-0.1, -0.05) is 36.4 Å². The molecule has 9 heterocycles. The molecule has 3 fully saturated rings. The summed E-state index contributed by atoms with van der Waals surface area (Å²) in [6.07, 6.45) is 9.80. The number of hydrogen-bond acceptors (Lipinski definition) is 14. The third-order valence-corrected chi connectivity index (χ3v) is 19.2. The largest absolute Gasteiger partial charge is 0.393 e. The normalized spacial score (nSPS) is 15.6. The Bertz CT molecular complexity index is 4440. The zero-order chi connectivity index (χ0) is 67.8. The van der Waals surface area contributed by atoms with Crippen LogP contribution in [0, 0.1) is 46.4 Å². The number of carbonyl (C=O) groups is 4. The second-order valence-corrected chi connectivity index (χ2v) is 26.7. The van der Waals surface area contributed by atoms with Gasteiger partial charge in [0, 0.05) is 87.9 Å². The Labute approximate surface area is 569 Å². The van der Waals surface area contributed by atoms with Crippen LogP contribution < -0.4 is 11.5 Å². The van der Waals surface area contributed by atoms with Crippen LogP contribution in [0.2, 0.25) is 0 Å². The summed E-state index contributed by atoms with van der Waals surface area (Å²) in [6.45, 7) is 33.7. The lowest BCUT2D eigenvalue weighted by atomic mass is 9.96. The van der Waals surface area contributed by atoms with Gasteiger partial charge in [-0.25, -0.2) is 14.5 Å². The molecule has 23 heteroatoms. The lowest BCUT2D eigenvalue weighted by molar-refractivity contribution is -0.122. The molecule has 1 unspecified atom stereocenters. The van der Waals surface area contributed by atoms with Gasteiger partial charge in [0.15, 0.2) is 34.4 Å². The van der Waals surface area contributed by atoms with E-state index in [-0.39, 0.29) is 36.1 Å². The highest BCUT2D eigenvalue weighted by Gasteiger charge is 2.30. The van der Waals surface area contributed by atoms with E-state index in [4.69, 9.17) is 36.2 Å². The average Bonchev–Trinajstić information content (AvgIpc) is 1.62. The van der Waals surface area contributed by atoms with Crippen LogP contribution in [0.3, 0.4) is 0 Å². The van der Waals surface area contributed by atoms with Crippen molar-refractivity contribution in [2.75, 3.05) is 79.5 Å². The van der Waals surface area contributed by atoms with Crippen LogP contribution >= 0.6 is 31.9 Å². The summed E-state index contributed by atoms with van der Waals surface area (Å²) in [5.74, 6) is 0.264. The van der Waals surface area contributed by atoms with Gasteiger partial charge < -0.3 is 35.4 Å². The quantitative estimate of drug-likeness (QED) is 0.0490. The summed E-state index contributed by atoms with van der Waals surface area (Å²) in [5.41, 5.74) is 25.4. The summed E-state index contributed by atoms with van der Waals surface area (Å²) in [6, 6.07) is 27.4. The second kappa shape index (κ2) is 30.8. The van der Waals surface area contributed by atoms with Crippen LogP contribution in [-0.4, -0.2) is 180 Å². The van der Waals surface area contributed by atoms with Crippen LogP contribution in [0.25, 0.3) is 64.7 Å². The van der Waals surface area contributed by atoms with Gasteiger partial charge in [-0.3, -0.25) is 53.7 Å². The van der Waals surface area contributed by atoms with E-state index in [0.717, 1.165) is 111 Å². The minimum Gasteiger partial charge on any atom is -0.393 e. The summed E-state index contributed by atoms with van der Waals surface area (Å²) in [5, 5.41) is 19.5. The third-order valence-electron chi connectivity index (χ3n) is 18.3. The van der Waals surface area contributed by atoms with Gasteiger partial charge in [0.2, 0.25) is 5.91 Å². The number of carbonyl (C=O) groups excluding carboxylic acids is 4. The fourth-order valence-corrected chi connectivity index (χ4v) is 13.8. The number of aliphatic hydroxyl groups excluding tert-OH is 2. The molecule has 12 rings (SSSR count). The Morgan fingerprint density at radius 1 is 0.537 bits per heavy atom. The molecule has 3 aliphatic heterocycles. The maximum atomic E-state index is 13.6. The molecule has 95 heavy (non-hydrogen) atoms. The van der Waals surface area contributed by atoms with E-state index in [0.29, 0.717) is 115 Å². The fourth-order valence-electron chi connectivity index (χ4n) is 13.1. The van der Waals surface area contributed by atoms with Crippen molar-refractivity contribution in [2.24, 2.45) is 17.4 Å². The minimum atomic E-state index is -0.484.